The smallest absolute Gasteiger partial charge is 0.322 e. The first-order valence-corrected chi connectivity index (χ1v) is 5.03. The van der Waals surface area contributed by atoms with E-state index in [2.05, 4.69) is 20.7 Å². The van der Waals surface area contributed by atoms with E-state index in [4.69, 9.17) is 0 Å². The summed E-state index contributed by atoms with van der Waals surface area (Å²) < 4.78 is 4.51. The van der Waals surface area contributed by atoms with Gasteiger partial charge in [0.25, 0.3) is 0 Å². The lowest BCUT2D eigenvalue weighted by Crippen LogP contribution is -2.23. The third kappa shape index (κ3) is 2.56. The van der Waals surface area contributed by atoms with Crippen LogP contribution in [0, 0.1) is 0 Å². The molecular formula is C10H11BrO3. The molecule has 0 saturated carbocycles. The Morgan fingerprint density at radius 1 is 1.43 bits per heavy atom. The molecule has 76 valence electrons. The highest BCUT2D eigenvalue weighted by atomic mass is 79.9. The second-order valence-corrected chi connectivity index (χ2v) is 3.77. The largest absolute Gasteiger partial charge is 0.468 e. The maximum atomic E-state index is 11.1. The average molecular weight is 259 g/mol. The van der Waals surface area contributed by atoms with E-state index in [1.807, 2.05) is 6.07 Å². The number of rotatable bonds is 3. The van der Waals surface area contributed by atoms with Gasteiger partial charge in [-0.3, -0.25) is 4.79 Å². The first-order valence-electron chi connectivity index (χ1n) is 4.11. The molecular weight excluding hydrogens is 248 g/mol. The number of alkyl halides is 1. The average Bonchev–Trinajstić information content (AvgIpc) is 2.27. The molecule has 0 unspecified atom stereocenters. The Morgan fingerprint density at radius 2 is 2.00 bits per heavy atom. The van der Waals surface area contributed by atoms with Crippen LogP contribution in [-0.4, -0.2) is 23.0 Å². The van der Waals surface area contributed by atoms with Crippen LogP contribution in [-0.2, 0) is 9.53 Å². The fourth-order valence-corrected chi connectivity index (χ4v) is 1.55. The Balaban J connectivity index is 2.75. The summed E-state index contributed by atoms with van der Waals surface area (Å²) in [5, 5.41) is 9.74. The number of hydrogen-bond donors (Lipinski definition) is 1. The topological polar surface area (TPSA) is 46.5 Å². The fourth-order valence-electron chi connectivity index (χ4n) is 1.06. The lowest BCUT2D eigenvalue weighted by atomic mass is 10.1. The molecule has 0 saturated heterocycles. The highest BCUT2D eigenvalue weighted by molar-refractivity contribution is 9.10. The van der Waals surface area contributed by atoms with Crippen LogP contribution < -0.4 is 0 Å². The number of aliphatic hydroxyl groups excluding tert-OH is 1. The molecule has 1 aromatic carbocycles. The van der Waals surface area contributed by atoms with Crippen molar-refractivity contribution in [3.8, 4) is 0 Å². The molecule has 0 bridgehead atoms. The van der Waals surface area contributed by atoms with E-state index >= 15 is 0 Å². The minimum absolute atomic E-state index is 0.485. The van der Waals surface area contributed by atoms with Crippen molar-refractivity contribution in [2.24, 2.45) is 0 Å². The summed E-state index contributed by atoms with van der Waals surface area (Å²) in [5.41, 5.74) is 0.680. The normalized spacial score (nSPS) is 14.5. The van der Waals surface area contributed by atoms with Crippen molar-refractivity contribution in [2.45, 2.75) is 10.9 Å². The van der Waals surface area contributed by atoms with Crippen LogP contribution in [0.1, 0.15) is 11.7 Å². The van der Waals surface area contributed by atoms with Crippen LogP contribution in [0.2, 0.25) is 0 Å². The quantitative estimate of drug-likeness (QED) is 0.663. The van der Waals surface area contributed by atoms with Gasteiger partial charge in [0.2, 0.25) is 0 Å². The maximum absolute atomic E-state index is 11.1. The van der Waals surface area contributed by atoms with E-state index in [1.54, 1.807) is 24.3 Å². The van der Waals surface area contributed by atoms with Crippen molar-refractivity contribution in [3.05, 3.63) is 35.9 Å². The third-order valence-electron chi connectivity index (χ3n) is 1.84. The van der Waals surface area contributed by atoms with Crippen LogP contribution in [0.4, 0.5) is 0 Å². The van der Waals surface area contributed by atoms with Gasteiger partial charge in [-0.1, -0.05) is 46.3 Å². The van der Waals surface area contributed by atoms with Crippen molar-refractivity contribution in [1.82, 2.24) is 0 Å². The van der Waals surface area contributed by atoms with Crippen molar-refractivity contribution in [2.75, 3.05) is 7.11 Å². The van der Waals surface area contributed by atoms with Gasteiger partial charge in [0.05, 0.1) is 7.11 Å². The highest BCUT2D eigenvalue weighted by Gasteiger charge is 2.25. The summed E-state index contributed by atoms with van der Waals surface area (Å²) in [6, 6.07) is 8.95. The lowest BCUT2D eigenvalue weighted by molar-refractivity contribution is -0.141. The first kappa shape index (κ1) is 11.2. The minimum atomic E-state index is -0.886. The van der Waals surface area contributed by atoms with Crippen LogP contribution in [0.5, 0.6) is 0 Å². The molecule has 2 atom stereocenters. The molecule has 0 aromatic heterocycles. The van der Waals surface area contributed by atoms with Crippen molar-refractivity contribution in [3.63, 3.8) is 0 Å². The number of aliphatic hydroxyl groups is 1. The molecule has 0 aliphatic heterocycles. The van der Waals surface area contributed by atoms with Crippen LogP contribution >= 0.6 is 15.9 Å². The maximum Gasteiger partial charge on any atom is 0.322 e. The number of esters is 1. The summed E-state index contributed by atoms with van der Waals surface area (Å²) in [6.45, 7) is 0. The number of ether oxygens (including phenoxy) is 1. The summed E-state index contributed by atoms with van der Waals surface area (Å²) in [4.78, 5) is 10.4. The molecule has 0 heterocycles. The van der Waals surface area contributed by atoms with E-state index in [1.165, 1.54) is 7.11 Å². The van der Waals surface area contributed by atoms with Crippen LogP contribution in [0.15, 0.2) is 30.3 Å². The van der Waals surface area contributed by atoms with Gasteiger partial charge in [-0.25, -0.2) is 0 Å². The number of carbonyl (C=O) groups excluding carboxylic acids is 1. The molecule has 14 heavy (non-hydrogen) atoms. The van der Waals surface area contributed by atoms with Gasteiger partial charge >= 0.3 is 5.97 Å². The molecule has 1 N–H and O–H groups in total. The summed E-state index contributed by atoms with van der Waals surface area (Å²) in [5.74, 6) is -0.485. The van der Waals surface area contributed by atoms with Gasteiger partial charge < -0.3 is 9.84 Å². The van der Waals surface area contributed by atoms with E-state index < -0.39 is 16.9 Å². The molecule has 0 spiro atoms. The Labute approximate surface area is 90.8 Å². The van der Waals surface area contributed by atoms with Crippen molar-refractivity contribution in [1.29, 1.82) is 0 Å². The van der Waals surface area contributed by atoms with Gasteiger partial charge in [-0.2, -0.15) is 0 Å². The number of methoxy groups -OCH3 is 1. The zero-order valence-electron chi connectivity index (χ0n) is 7.68. The van der Waals surface area contributed by atoms with Gasteiger partial charge in [0, 0.05) is 0 Å². The molecule has 4 heteroatoms. The number of benzene rings is 1. The standard InChI is InChI=1S/C10H11BrO3/c1-14-10(13)8(11)9(12)7-5-3-2-4-6-7/h2-6,8-9,12H,1H3/t8-,9-/m1/s1. The molecule has 0 amide bonds. The highest BCUT2D eigenvalue weighted by Crippen LogP contribution is 2.22. The Kier molecular flexibility index (Phi) is 4.10. The SMILES string of the molecule is COC(=O)[C@H](Br)[C@H](O)c1ccccc1. The summed E-state index contributed by atoms with van der Waals surface area (Å²) in [7, 11) is 1.29. The first-order chi connectivity index (χ1) is 6.66. The second-order valence-electron chi connectivity index (χ2n) is 2.78. The molecule has 0 aliphatic rings. The predicted octanol–water partition coefficient (Wildman–Crippen LogP) is 1.66. The molecule has 0 fully saturated rings. The second kappa shape index (κ2) is 5.12. The number of halogens is 1. The van der Waals surface area contributed by atoms with E-state index in [-0.39, 0.29) is 0 Å². The number of carbonyl (C=O) groups is 1. The minimum Gasteiger partial charge on any atom is -0.468 e. The zero-order chi connectivity index (χ0) is 10.6. The lowest BCUT2D eigenvalue weighted by Gasteiger charge is -2.15. The van der Waals surface area contributed by atoms with Gasteiger partial charge in [0.1, 0.15) is 10.9 Å². The molecule has 1 aromatic rings. The van der Waals surface area contributed by atoms with E-state index in [0.29, 0.717) is 5.56 Å². The fraction of sp³-hybridized carbons (Fsp3) is 0.300. The van der Waals surface area contributed by atoms with E-state index in [9.17, 15) is 9.90 Å². The summed E-state index contributed by atoms with van der Waals surface area (Å²) in [6.07, 6.45) is -0.886. The van der Waals surface area contributed by atoms with Gasteiger partial charge in [-0.15, -0.1) is 0 Å². The predicted molar refractivity (Wildman–Crippen MR) is 56.1 cm³/mol. The van der Waals surface area contributed by atoms with Crippen molar-refractivity contribution < 1.29 is 14.6 Å². The Hall–Kier alpha value is -0.870. The molecule has 0 aliphatic carbocycles. The van der Waals surface area contributed by atoms with Crippen molar-refractivity contribution >= 4 is 21.9 Å². The molecule has 1 rings (SSSR count). The zero-order valence-corrected chi connectivity index (χ0v) is 9.27. The monoisotopic (exact) mass is 258 g/mol. The van der Waals surface area contributed by atoms with Gasteiger partial charge in [-0.05, 0) is 5.56 Å². The van der Waals surface area contributed by atoms with Crippen LogP contribution in [0.25, 0.3) is 0 Å². The van der Waals surface area contributed by atoms with Gasteiger partial charge in [0.15, 0.2) is 0 Å². The molecule has 3 nitrogen and oxygen atoms in total. The van der Waals surface area contributed by atoms with Crippen LogP contribution in [0.3, 0.4) is 0 Å². The summed E-state index contributed by atoms with van der Waals surface area (Å²) >= 11 is 3.08. The third-order valence-corrected chi connectivity index (χ3v) is 2.72. The Bertz CT molecular complexity index is 299. The van der Waals surface area contributed by atoms with E-state index in [0.717, 1.165) is 0 Å². The number of hydrogen-bond acceptors (Lipinski definition) is 3. The Morgan fingerprint density at radius 3 is 2.50 bits per heavy atom. The molecule has 0 radical (unpaired) electrons.